The van der Waals surface area contributed by atoms with E-state index in [0.29, 0.717) is 5.02 Å². The van der Waals surface area contributed by atoms with Gasteiger partial charge in [-0.1, -0.05) is 30.3 Å². The van der Waals surface area contributed by atoms with Crippen LogP contribution in [-0.2, 0) is 4.79 Å². The minimum atomic E-state index is 0.000671. The minimum Gasteiger partial charge on any atom is -0.388 e. The molecule has 9 heteroatoms. The van der Waals surface area contributed by atoms with Crippen LogP contribution in [0.15, 0.2) is 43.1 Å². The first-order valence-corrected chi connectivity index (χ1v) is 13.1. The summed E-state index contributed by atoms with van der Waals surface area (Å²) in [5.41, 5.74) is 8.23. The molecule has 0 atom stereocenters. The summed E-state index contributed by atoms with van der Waals surface area (Å²) in [6.45, 7) is 9.26. The van der Waals surface area contributed by atoms with E-state index in [9.17, 15) is 4.79 Å². The van der Waals surface area contributed by atoms with Crippen molar-refractivity contribution in [3.63, 3.8) is 0 Å². The molecular weight excluding hydrogens is 498 g/mol. The van der Waals surface area contributed by atoms with Crippen molar-refractivity contribution >= 4 is 40.3 Å². The van der Waals surface area contributed by atoms with E-state index in [4.69, 9.17) is 22.1 Å². The van der Waals surface area contributed by atoms with Gasteiger partial charge in [-0.15, -0.1) is 0 Å². The van der Waals surface area contributed by atoms with Crippen molar-refractivity contribution in [3.05, 3.63) is 65.0 Å². The zero-order valence-electron chi connectivity index (χ0n) is 21.7. The highest BCUT2D eigenvalue weighted by Crippen LogP contribution is 2.55. The van der Waals surface area contributed by atoms with Gasteiger partial charge in [0.05, 0.1) is 22.8 Å². The van der Waals surface area contributed by atoms with E-state index in [1.807, 2.05) is 49.3 Å². The van der Waals surface area contributed by atoms with Crippen molar-refractivity contribution < 1.29 is 4.79 Å². The van der Waals surface area contributed by atoms with Gasteiger partial charge in [0.2, 0.25) is 5.91 Å². The molecule has 2 fully saturated rings. The van der Waals surface area contributed by atoms with Crippen molar-refractivity contribution in [2.45, 2.75) is 32.7 Å². The Labute approximate surface area is 226 Å². The number of nitrogens with one attached hydrogen (secondary N) is 3. The van der Waals surface area contributed by atoms with Gasteiger partial charge in [-0.25, -0.2) is 0 Å². The lowest BCUT2D eigenvalue weighted by molar-refractivity contribution is -0.149. The molecule has 1 amide bonds. The topological polar surface area (TPSA) is 103 Å². The molecule has 3 N–H and O–H groups in total. The normalized spacial score (nSPS) is 16.4. The van der Waals surface area contributed by atoms with Gasteiger partial charge in [0, 0.05) is 70.8 Å². The maximum Gasteiger partial charge on any atom is 0.245 e. The van der Waals surface area contributed by atoms with Gasteiger partial charge in [0.1, 0.15) is 5.69 Å². The van der Waals surface area contributed by atoms with Gasteiger partial charge in [-0.05, 0) is 50.5 Å². The fourth-order valence-corrected chi connectivity index (χ4v) is 6.62. The summed E-state index contributed by atoms with van der Waals surface area (Å²) in [5, 5.41) is 25.6. The molecule has 8 nitrogen and oxygen atoms in total. The fourth-order valence-electron chi connectivity index (χ4n) is 6.37. The van der Waals surface area contributed by atoms with Crippen LogP contribution in [0.2, 0.25) is 5.02 Å². The van der Waals surface area contributed by atoms with Crippen LogP contribution in [0.3, 0.4) is 0 Å². The molecule has 2 aliphatic rings. The van der Waals surface area contributed by atoms with Crippen molar-refractivity contribution in [2.24, 2.45) is 5.41 Å². The number of halogens is 1. The quantitative estimate of drug-likeness (QED) is 0.219. The number of anilines is 1. The number of rotatable bonds is 6. The first-order chi connectivity index (χ1) is 18.3. The molecule has 6 rings (SSSR count). The molecule has 4 aromatic rings. The average Bonchev–Trinajstić information content (AvgIpc) is 3.46. The zero-order valence-corrected chi connectivity index (χ0v) is 22.5. The number of likely N-dealkylation sites (tertiary alicyclic amines) is 1. The van der Waals surface area contributed by atoms with Crippen molar-refractivity contribution in [2.75, 3.05) is 25.5 Å². The second kappa shape index (κ2) is 8.84. The number of H-pyrrole nitrogens is 1. The monoisotopic (exact) mass is 527 g/mol. The summed E-state index contributed by atoms with van der Waals surface area (Å²) in [4.78, 5) is 13.9. The lowest BCUT2D eigenvalue weighted by Crippen LogP contribution is -2.63. The summed E-state index contributed by atoms with van der Waals surface area (Å²) in [7, 11) is 1.86. The molecule has 2 aromatic carbocycles. The Hall–Kier alpha value is -3.91. The number of benzene rings is 2. The smallest absolute Gasteiger partial charge is 0.245 e. The summed E-state index contributed by atoms with van der Waals surface area (Å²) >= 11 is 7.02. The van der Waals surface area contributed by atoms with E-state index < -0.39 is 0 Å². The van der Waals surface area contributed by atoms with E-state index >= 15 is 0 Å². The van der Waals surface area contributed by atoms with Crippen LogP contribution in [-0.4, -0.2) is 57.1 Å². The van der Waals surface area contributed by atoms with E-state index in [2.05, 4.69) is 33.7 Å². The largest absolute Gasteiger partial charge is 0.388 e. The van der Waals surface area contributed by atoms with E-state index in [1.54, 1.807) is 0 Å². The molecule has 1 saturated heterocycles. The Balaban J connectivity index is 1.51. The Morgan fingerprint density at radius 1 is 1.29 bits per heavy atom. The van der Waals surface area contributed by atoms with Gasteiger partial charge >= 0.3 is 0 Å². The highest BCUT2D eigenvalue weighted by Gasteiger charge is 2.54. The lowest BCUT2D eigenvalue weighted by Gasteiger charge is -2.58. The average molecular weight is 528 g/mol. The molecule has 3 heterocycles. The molecule has 0 unspecified atom stereocenters. The SMILES string of the molecule is C=CC(=O)N1CC2(CC(n3nc(-c4cccc(NC)c4C=N)c(-c4c(Cl)c(C)cc5[nH]ncc45)c3C)C2)C1. The Morgan fingerprint density at radius 3 is 2.74 bits per heavy atom. The molecule has 1 aliphatic carbocycles. The number of fused-ring (bicyclic) bond motifs is 1. The zero-order chi connectivity index (χ0) is 26.8. The van der Waals surface area contributed by atoms with Crippen LogP contribution in [0, 0.1) is 24.7 Å². The fraction of sp³-hybridized carbons (Fsp3) is 0.310. The minimum absolute atomic E-state index is 0.000671. The second-order valence-corrected chi connectivity index (χ2v) is 11.0. The molecular formula is C29H30ClN7O. The van der Waals surface area contributed by atoms with Crippen LogP contribution in [0.5, 0.6) is 0 Å². The molecule has 38 heavy (non-hydrogen) atoms. The molecule has 2 aromatic heterocycles. The predicted octanol–water partition coefficient (Wildman–Crippen LogP) is 5.75. The summed E-state index contributed by atoms with van der Waals surface area (Å²) in [5.74, 6) is 0.000671. The molecule has 0 radical (unpaired) electrons. The molecule has 1 aliphatic heterocycles. The van der Waals surface area contributed by atoms with Gasteiger partial charge < -0.3 is 15.6 Å². The maximum absolute atomic E-state index is 12.0. The van der Waals surface area contributed by atoms with Crippen molar-refractivity contribution in [1.82, 2.24) is 24.9 Å². The van der Waals surface area contributed by atoms with E-state index in [0.717, 1.165) is 81.7 Å². The summed E-state index contributed by atoms with van der Waals surface area (Å²) in [6.07, 6.45) is 6.51. The number of aryl methyl sites for hydroxylation is 1. The number of carbonyl (C=O) groups excluding carboxylic acids is 1. The number of aromatic nitrogens is 4. The Bertz CT molecular complexity index is 1620. The number of hydrogen-bond donors (Lipinski definition) is 3. The van der Waals surface area contributed by atoms with Gasteiger partial charge in [-0.3, -0.25) is 14.6 Å². The third kappa shape index (κ3) is 3.50. The molecule has 0 bridgehead atoms. The van der Waals surface area contributed by atoms with E-state index in [-0.39, 0.29) is 17.4 Å². The van der Waals surface area contributed by atoms with Crippen LogP contribution in [0.4, 0.5) is 5.69 Å². The Kier molecular flexibility index (Phi) is 5.68. The summed E-state index contributed by atoms with van der Waals surface area (Å²) < 4.78 is 2.14. The predicted molar refractivity (Wildman–Crippen MR) is 152 cm³/mol. The highest BCUT2D eigenvalue weighted by molar-refractivity contribution is 6.36. The number of aromatic amines is 1. The third-order valence-corrected chi connectivity index (χ3v) is 8.75. The first kappa shape index (κ1) is 24.4. The first-order valence-electron chi connectivity index (χ1n) is 12.8. The number of amides is 1. The standard InChI is InChI=1S/C29H30ClN7O/c1-5-24(38)36-14-29(15-36)10-18(11-29)37-17(3)25(26-21-13-33-34-23(21)9-16(2)27(26)30)28(35-37)19-7-6-8-22(32-4)20(19)12-31/h5-9,12-13,18,31-32H,1,10-11,14-15H2,2-4H3,(H,33,34). The molecule has 194 valence electrons. The highest BCUT2D eigenvalue weighted by atomic mass is 35.5. The molecule has 1 saturated carbocycles. The Morgan fingerprint density at radius 2 is 2.05 bits per heavy atom. The van der Waals surface area contributed by atoms with Gasteiger partial charge in [-0.2, -0.15) is 10.2 Å². The van der Waals surface area contributed by atoms with Crippen LogP contribution in [0.25, 0.3) is 33.3 Å². The van der Waals surface area contributed by atoms with Gasteiger partial charge in [0.25, 0.3) is 0 Å². The van der Waals surface area contributed by atoms with Crippen molar-refractivity contribution in [1.29, 1.82) is 5.41 Å². The maximum atomic E-state index is 12.0. The number of nitrogens with zero attached hydrogens (tertiary/aromatic N) is 4. The third-order valence-electron chi connectivity index (χ3n) is 8.26. The number of hydrogen-bond acceptors (Lipinski definition) is 5. The van der Waals surface area contributed by atoms with Crippen LogP contribution >= 0.6 is 11.6 Å². The second-order valence-electron chi connectivity index (χ2n) is 10.6. The molecule has 1 spiro atoms. The van der Waals surface area contributed by atoms with Crippen LogP contribution in [0.1, 0.15) is 35.7 Å². The summed E-state index contributed by atoms with van der Waals surface area (Å²) in [6, 6.07) is 8.20. The number of carbonyl (C=O) groups is 1. The van der Waals surface area contributed by atoms with Gasteiger partial charge in [0.15, 0.2) is 0 Å². The van der Waals surface area contributed by atoms with E-state index in [1.165, 1.54) is 12.3 Å². The van der Waals surface area contributed by atoms with Crippen molar-refractivity contribution in [3.8, 4) is 22.4 Å². The lowest BCUT2D eigenvalue weighted by atomic mass is 9.60. The van der Waals surface area contributed by atoms with Crippen LogP contribution < -0.4 is 5.32 Å².